The first-order valence-electron chi connectivity index (χ1n) is 8.43. The highest BCUT2D eigenvalue weighted by molar-refractivity contribution is 7.92. The van der Waals surface area contributed by atoms with Gasteiger partial charge in [-0.25, -0.2) is 13.4 Å². The molecule has 1 fully saturated rings. The number of hydrogen-bond acceptors (Lipinski definition) is 6. The summed E-state index contributed by atoms with van der Waals surface area (Å²) in [6, 6.07) is 3.61. The fraction of sp³-hybridized carbons (Fsp3) is 0.529. The van der Waals surface area contributed by atoms with Crippen molar-refractivity contribution in [2.75, 3.05) is 5.75 Å². The van der Waals surface area contributed by atoms with E-state index in [4.69, 9.17) is 4.42 Å². The molecule has 8 heteroatoms. The van der Waals surface area contributed by atoms with E-state index in [1.54, 1.807) is 17.4 Å². The number of aromatic nitrogens is 1. The summed E-state index contributed by atoms with van der Waals surface area (Å²) < 4.78 is 30.0. The van der Waals surface area contributed by atoms with E-state index in [0.717, 1.165) is 36.4 Å². The molecule has 136 valence electrons. The van der Waals surface area contributed by atoms with Crippen molar-refractivity contribution in [2.24, 2.45) is 0 Å². The molecule has 25 heavy (non-hydrogen) atoms. The lowest BCUT2D eigenvalue weighted by molar-refractivity contribution is -0.120. The summed E-state index contributed by atoms with van der Waals surface area (Å²) in [4.78, 5) is 16.3. The summed E-state index contributed by atoms with van der Waals surface area (Å²) in [6.07, 6.45) is 3.40. The second-order valence-corrected chi connectivity index (χ2v) is 9.78. The third kappa shape index (κ3) is 4.70. The van der Waals surface area contributed by atoms with Gasteiger partial charge in [-0.3, -0.25) is 4.79 Å². The minimum atomic E-state index is -3.16. The van der Waals surface area contributed by atoms with Gasteiger partial charge in [0.2, 0.25) is 5.91 Å². The molecule has 1 amide bonds. The van der Waals surface area contributed by atoms with Gasteiger partial charge in [-0.15, -0.1) is 11.3 Å². The molecule has 0 bridgehead atoms. The number of furan rings is 1. The van der Waals surface area contributed by atoms with Crippen LogP contribution < -0.4 is 5.32 Å². The normalized spacial score (nSPS) is 15.6. The van der Waals surface area contributed by atoms with E-state index in [2.05, 4.69) is 10.3 Å². The van der Waals surface area contributed by atoms with Crippen LogP contribution in [0, 0.1) is 6.92 Å². The standard InChI is InChI=1S/C17H22N2O4S2/c1-12-19-15(11-24-12)16-7-6-13(23-16)10-18-17(20)8-9-25(21,22)14-4-2-3-5-14/h6-7,11,14H,2-5,8-10H2,1H3,(H,18,20). The summed E-state index contributed by atoms with van der Waals surface area (Å²) in [5.74, 6) is 0.930. The van der Waals surface area contributed by atoms with E-state index < -0.39 is 9.84 Å². The molecular formula is C17H22N2O4S2. The number of aryl methyl sites for hydroxylation is 1. The van der Waals surface area contributed by atoms with Gasteiger partial charge in [0.15, 0.2) is 15.6 Å². The minimum Gasteiger partial charge on any atom is -0.458 e. The molecule has 1 aliphatic rings. The molecule has 0 radical (unpaired) electrons. The average molecular weight is 383 g/mol. The molecule has 2 aromatic heterocycles. The topological polar surface area (TPSA) is 89.3 Å². The molecule has 1 aliphatic carbocycles. The van der Waals surface area contributed by atoms with Crippen molar-refractivity contribution in [3.8, 4) is 11.5 Å². The van der Waals surface area contributed by atoms with Gasteiger partial charge in [-0.1, -0.05) is 12.8 Å². The molecule has 0 saturated heterocycles. The van der Waals surface area contributed by atoms with Gasteiger partial charge in [-0.05, 0) is 31.9 Å². The highest BCUT2D eigenvalue weighted by Crippen LogP contribution is 2.26. The number of hydrogen-bond donors (Lipinski definition) is 1. The van der Waals surface area contributed by atoms with E-state index in [-0.39, 0.29) is 29.9 Å². The summed E-state index contributed by atoms with van der Waals surface area (Å²) in [7, 11) is -3.16. The molecule has 1 N–H and O–H groups in total. The van der Waals surface area contributed by atoms with Crippen molar-refractivity contribution in [3.63, 3.8) is 0 Å². The largest absolute Gasteiger partial charge is 0.458 e. The monoisotopic (exact) mass is 382 g/mol. The van der Waals surface area contributed by atoms with Gasteiger partial charge in [-0.2, -0.15) is 0 Å². The number of carbonyl (C=O) groups excluding carboxylic acids is 1. The Morgan fingerprint density at radius 2 is 2.12 bits per heavy atom. The fourth-order valence-corrected chi connectivity index (χ4v) is 5.47. The third-order valence-corrected chi connectivity index (χ3v) is 7.45. The SMILES string of the molecule is Cc1nc(-c2ccc(CNC(=O)CCS(=O)(=O)C3CCCC3)o2)cs1. The first-order chi connectivity index (χ1) is 11.9. The van der Waals surface area contributed by atoms with Crippen LogP contribution in [0.2, 0.25) is 0 Å². The van der Waals surface area contributed by atoms with Crippen LogP contribution in [0.25, 0.3) is 11.5 Å². The zero-order chi connectivity index (χ0) is 17.9. The van der Waals surface area contributed by atoms with Crippen LogP contribution in [0.15, 0.2) is 21.9 Å². The first kappa shape index (κ1) is 18.1. The quantitative estimate of drug-likeness (QED) is 0.795. The Morgan fingerprint density at radius 3 is 2.80 bits per heavy atom. The summed E-state index contributed by atoms with van der Waals surface area (Å²) in [5.41, 5.74) is 0.780. The van der Waals surface area contributed by atoms with Gasteiger partial charge in [0.1, 0.15) is 11.5 Å². The maximum absolute atomic E-state index is 12.2. The Balaban J connectivity index is 1.47. The molecule has 1 saturated carbocycles. The second-order valence-electron chi connectivity index (χ2n) is 6.32. The number of sulfone groups is 1. The van der Waals surface area contributed by atoms with E-state index >= 15 is 0 Å². The maximum Gasteiger partial charge on any atom is 0.221 e. The number of carbonyl (C=O) groups is 1. The summed E-state index contributed by atoms with van der Waals surface area (Å²) in [5, 5.41) is 5.35. The molecule has 0 unspecified atom stereocenters. The number of amides is 1. The summed E-state index contributed by atoms with van der Waals surface area (Å²) >= 11 is 1.55. The Labute approximate surface area is 151 Å². The van der Waals surface area contributed by atoms with Crippen molar-refractivity contribution in [1.82, 2.24) is 10.3 Å². The van der Waals surface area contributed by atoms with Crippen LogP contribution in [0.5, 0.6) is 0 Å². The lowest BCUT2D eigenvalue weighted by atomic mass is 10.3. The molecule has 0 aromatic carbocycles. The summed E-state index contributed by atoms with van der Waals surface area (Å²) in [6.45, 7) is 2.17. The van der Waals surface area contributed by atoms with Gasteiger partial charge in [0.05, 0.1) is 22.6 Å². The Kier molecular flexibility index (Phi) is 5.58. The lowest BCUT2D eigenvalue weighted by Gasteiger charge is -2.10. The Morgan fingerprint density at radius 1 is 1.36 bits per heavy atom. The number of thiazole rings is 1. The number of nitrogens with one attached hydrogen (secondary N) is 1. The smallest absolute Gasteiger partial charge is 0.221 e. The first-order valence-corrected chi connectivity index (χ1v) is 11.0. The van der Waals surface area contributed by atoms with Crippen molar-refractivity contribution in [3.05, 3.63) is 28.3 Å². The van der Waals surface area contributed by atoms with Crippen molar-refractivity contribution in [1.29, 1.82) is 0 Å². The van der Waals surface area contributed by atoms with Crippen molar-refractivity contribution >= 4 is 27.1 Å². The molecule has 0 atom stereocenters. The molecular weight excluding hydrogens is 360 g/mol. The van der Waals surface area contributed by atoms with E-state index in [0.29, 0.717) is 11.5 Å². The molecule has 0 aliphatic heterocycles. The number of nitrogens with zero attached hydrogens (tertiary/aromatic N) is 1. The number of rotatable bonds is 7. The predicted octanol–water partition coefficient (Wildman–Crippen LogP) is 3.08. The average Bonchev–Trinajstić information content (AvgIpc) is 3.31. The van der Waals surface area contributed by atoms with Crippen molar-refractivity contribution < 1.29 is 17.6 Å². The van der Waals surface area contributed by atoms with E-state index in [1.807, 2.05) is 18.4 Å². The Hall–Kier alpha value is -1.67. The molecule has 2 heterocycles. The van der Waals surface area contributed by atoms with Crippen LogP contribution >= 0.6 is 11.3 Å². The van der Waals surface area contributed by atoms with Crippen LogP contribution in [0.4, 0.5) is 0 Å². The zero-order valence-electron chi connectivity index (χ0n) is 14.2. The highest BCUT2D eigenvalue weighted by atomic mass is 32.2. The minimum absolute atomic E-state index is 0.00230. The molecule has 0 spiro atoms. The van der Waals surface area contributed by atoms with Crippen LogP contribution in [-0.2, 0) is 21.2 Å². The predicted molar refractivity (Wildman–Crippen MR) is 97.1 cm³/mol. The maximum atomic E-state index is 12.2. The van der Waals surface area contributed by atoms with Crippen LogP contribution in [0.3, 0.4) is 0 Å². The second kappa shape index (κ2) is 7.70. The van der Waals surface area contributed by atoms with E-state index in [9.17, 15) is 13.2 Å². The highest BCUT2D eigenvalue weighted by Gasteiger charge is 2.28. The van der Waals surface area contributed by atoms with Gasteiger partial charge >= 0.3 is 0 Å². The zero-order valence-corrected chi connectivity index (χ0v) is 15.8. The molecule has 3 rings (SSSR count). The molecule has 6 nitrogen and oxygen atoms in total. The van der Waals surface area contributed by atoms with Gasteiger partial charge < -0.3 is 9.73 Å². The van der Waals surface area contributed by atoms with E-state index in [1.165, 1.54) is 0 Å². The van der Waals surface area contributed by atoms with Gasteiger partial charge in [0.25, 0.3) is 0 Å². The van der Waals surface area contributed by atoms with Crippen molar-refractivity contribution in [2.45, 2.75) is 50.8 Å². The van der Waals surface area contributed by atoms with Crippen LogP contribution in [0.1, 0.15) is 42.9 Å². The third-order valence-electron chi connectivity index (χ3n) is 4.42. The van der Waals surface area contributed by atoms with Gasteiger partial charge in [0, 0.05) is 11.8 Å². The van der Waals surface area contributed by atoms with Crippen LogP contribution in [-0.4, -0.2) is 30.3 Å². The molecule has 2 aromatic rings. The Bertz CT molecular complexity index is 832. The lowest BCUT2D eigenvalue weighted by Crippen LogP contribution is -2.28. The fourth-order valence-electron chi connectivity index (χ4n) is 3.01.